The van der Waals surface area contributed by atoms with Gasteiger partial charge in [-0.2, -0.15) is 8.78 Å². The summed E-state index contributed by atoms with van der Waals surface area (Å²) in [5.41, 5.74) is -2.55. The molecule has 256 valence electrons. The zero-order valence-corrected chi connectivity index (χ0v) is 25.9. The second-order valence-corrected chi connectivity index (χ2v) is 11.5. The van der Waals surface area contributed by atoms with Crippen LogP contribution in [0.4, 0.5) is 43.9 Å². The summed E-state index contributed by atoms with van der Waals surface area (Å²) in [7, 11) is 0. The Balaban J connectivity index is 1.34. The maximum absolute atomic E-state index is 15.2. The number of rotatable bonds is 12. The minimum Gasteiger partial charge on any atom is -0.429 e. The second-order valence-electron chi connectivity index (χ2n) is 11.5. The van der Waals surface area contributed by atoms with Gasteiger partial charge in [0.1, 0.15) is 40.4 Å². The van der Waals surface area contributed by atoms with E-state index in [1.165, 1.54) is 18.2 Å². The summed E-state index contributed by atoms with van der Waals surface area (Å²) >= 11 is 0. The SMILES string of the molecule is CCCCCCCc1ccc(-c2ccc(-c3cc(F)c(C(F)(F)Oc4ccc(-c5cc(F)c(F)c(F)c5)c(F)c4)c(F)c3)c(F)c2)c(F)c1. The van der Waals surface area contributed by atoms with Gasteiger partial charge < -0.3 is 4.74 Å². The van der Waals surface area contributed by atoms with E-state index in [4.69, 9.17) is 0 Å². The predicted molar refractivity (Wildman–Crippen MR) is 166 cm³/mol. The molecule has 0 N–H and O–H groups in total. The van der Waals surface area contributed by atoms with Gasteiger partial charge >= 0.3 is 6.11 Å². The molecule has 0 heterocycles. The zero-order chi connectivity index (χ0) is 35.5. The Kier molecular flexibility index (Phi) is 10.7. The van der Waals surface area contributed by atoms with E-state index in [0.29, 0.717) is 36.8 Å². The number of alkyl halides is 2. The van der Waals surface area contributed by atoms with Crippen molar-refractivity contribution in [2.24, 2.45) is 0 Å². The lowest BCUT2D eigenvalue weighted by molar-refractivity contribution is -0.189. The van der Waals surface area contributed by atoms with Crippen LogP contribution in [-0.4, -0.2) is 0 Å². The van der Waals surface area contributed by atoms with Crippen molar-refractivity contribution < 1.29 is 48.6 Å². The van der Waals surface area contributed by atoms with E-state index < -0.39 is 80.6 Å². The van der Waals surface area contributed by atoms with Gasteiger partial charge in [-0.25, -0.2) is 35.1 Å². The maximum Gasteiger partial charge on any atom is 0.432 e. The molecule has 49 heavy (non-hydrogen) atoms. The fraction of sp³-hybridized carbons (Fsp3) is 0.211. The number of benzene rings is 5. The molecular formula is C38H28F10O. The van der Waals surface area contributed by atoms with E-state index in [1.54, 1.807) is 6.07 Å². The van der Waals surface area contributed by atoms with Crippen LogP contribution < -0.4 is 4.74 Å². The summed E-state index contributed by atoms with van der Waals surface area (Å²) in [6, 6.07) is 11.9. The van der Waals surface area contributed by atoms with E-state index in [9.17, 15) is 22.0 Å². The number of hydrogen-bond acceptors (Lipinski definition) is 1. The van der Waals surface area contributed by atoms with E-state index in [-0.39, 0.29) is 16.7 Å². The number of unbranched alkanes of at least 4 members (excludes halogenated alkanes) is 4. The normalized spacial score (nSPS) is 11.7. The third-order valence-corrected chi connectivity index (χ3v) is 8.01. The Hall–Kier alpha value is -4.80. The van der Waals surface area contributed by atoms with Crippen molar-refractivity contribution in [2.45, 2.75) is 51.6 Å². The number of hydrogen-bond donors (Lipinski definition) is 0. The van der Waals surface area contributed by atoms with Crippen molar-refractivity contribution in [1.29, 1.82) is 0 Å². The molecule has 5 rings (SSSR count). The van der Waals surface area contributed by atoms with Gasteiger partial charge in [0.15, 0.2) is 17.5 Å². The number of aryl methyl sites for hydroxylation is 1. The molecule has 5 aromatic rings. The Labute approximate surface area is 275 Å². The third-order valence-electron chi connectivity index (χ3n) is 8.01. The Morgan fingerprint density at radius 3 is 1.55 bits per heavy atom. The highest BCUT2D eigenvalue weighted by Gasteiger charge is 2.41. The van der Waals surface area contributed by atoms with Crippen molar-refractivity contribution >= 4 is 0 Å². The fourth-order valence-electron chi connectivity index (χ4n) is 5.51. The molecule has 0 aliphatic rings. The van der Waals surface area contributed by atoms with Crippen LogP contribution in [0.2, 0.25) is 0 Å². The average molecular weight is 691 g/mol. The molecule has 0 radical (unpaired) electrons. The van der Waals surface area contributed by atoms with Crippen LogP contribution in [0.1, 0.15) is 50.2 Å². The van der Waals surface area contributed by atoms with E-state index in [1.807, 2.05) is 0 Å². The van der Waals surface area contributed by atoms with Crippen molar-refractivity contribution in [3.63, 3.8) is 0 Å². The number of ether oxygens (including phenoxy) is 1. The highest BCUT2D eigenvalue weighted by molar-refractivity contribution is 5.72. The smallest absolute Gasteiger partial charge is 0.429 e. The molecule has 0 aromatic heterocycles. The lowest BCUT2D eigenvalue weighted by Gasteiger charge is -2.20. The molecule has 0 atom stereocenters. The van der Waals surface area contributed by atoms with Crippen molar-refractivity contribution in [2.75, 3.05) is 0 Å². The Bertz CT molecular complexity index is 1940. The molecule has 0 aliphatic heterocycles. The molecule has 5 aromatic carbocycles. The zero-order valence-electron chi connectivity index (χ0n) is 25.9. The molecule has 0 aliphatic carbocycles. The molecule has 0 fully saturated rings. The second kappa shape index (κ2) is 14.8. The molecule has 0 bridgehead atoms. The Morgan fingerprint density at radius 2 is 0.980 bits per heavy atom. The first-order valence-electron chi connectivity index (χ1n) is 15.4. The van der Waals surface area contributed by atoms with E-state index in [0.717, 1.165) is 61.9 Å². The summed E-state index contributed by atoms with van der Waals surface area (Å²) in [5.74, 6) is -12.4. The summed E-state index contributed by atoms with van der Waals surface area (Å²) in [4.78, 5) is 0. The van der Waals surface area contributed by atoms with Crippen molar-refractivity contribution in [3.8, 4) is 39.1 Å². The van der Waals surface area contributed by atoms with Crippen LogP contribution in [0.25, 0.3) is 33.4 Å². The van der Waals surface area contributed by atoms with E-state index >= 15 is 22.0 Å². The maximum atomic E-state index is 15.2. The van der Waals surface area contributed by atoms with Crippen LogP contribution >= 0.6 is 0 Å². The van der Waals surface area contributed by atoms with Crippen molar-refractivity contribution in [3.05, 3.63) is 137 Å². The summed E-state index contributed by atoms with van der Waals surface area (Å²) in [6.07, 6.45) is 1.25. The minimum atomic E-state index is -4.71. The molecule has 0 unspecified atom stereocenters. The van der Waals surface area contributed by atoms with Gasteiger partial charge in [-0.1, -0.05) is 56.9 Å². The molecule has 0 amide bonds. The number of halogens is 10. The van der Waals surface area contributed by atoms with Crippen LogP contribution in [0, 0.1) is 46.5 Å². The van der Waals surface area contributed by atoms with Gasteiger partial charge in [0.2, 0.25) is 0 Å². The van der Waals surface area contributed by atoms with Crippen LogP contribution in [0.15, 0.2) is 78.9 Å². The first-order valence-corrected chi connectivity index (χ1v) is 15.4. The van der Waals surface area contributed by atoms with Gasteiger partial charge in [-0.3, -0.25) is 0 Å². The average Bonchev–Trinajstić information content (AvgIpc) is 3.02. The minimum absolute atomic E-state index is 0.103. The molecule has 0 saturated carbocycles. The van der Waals surface area contributed by atoms with E-state index in [2.05, 4.69) is 11.7 Å². The first-order chi connectivity index (χ1) is 23.3. The third kappa shape index (κ3) is 7.92. The van der Waals surface area contributed by atoms with Gasteiger partial charge in [-0.05, 0) is 83.6 Å². The highest BCUT2D eigenvalue weighted by Crippen LogP contribution is 2.39. The fourth-order valence-corrected chi connectivity index (χ4v) is 5.51. The summed E-state index contributed by atoms with van der Waals surface area (Å²) in [5, 5.41) is 0. The van der Waals surface area contributed by atoms with Crippen molar-refractivity contribution in [1.82, 2.24) is 0 Å². The van der Waals surface area contributed by atoms with Gasteiger partial charge in [0.05, 0.1) is 0 Å². The predicted octanol–water partition coefficient (Wildman–Crippen LogP) is 12.4. The van der Waals surface area contributed by atoms with Crippen LogP contribution in [-0.2, 0) is 12.5 Å². The van der Waals surface area contributed by atoms with Crippen LogP contribution in [0.5, 0.6) is 5.75 Å². The summed E-state index contributed by atoms with van der Waals surface area (Å²) < 4.78 is 150. The van der Waals surface area contributed by atoms with Crippen LogP contribution in [0.3, 0.4) is 0 Å². The quantitative estimate of drug-likeness (QED) is 0.0719. The van der Waals surface area contributed by atoms with Gasteiger partial charge in [0.25, 0.3) is 0 Å². The van der Waals surface area contributed by atoms with Gasteiger partial charge in [0, 0.05) is 22.8 Å². The molecular weight excluding hydrogens is 662 g/mol. The molecule has 1 nitrogen and oxygen atoms in total. The largest absolute Gasteiger partial charge is 0.432 e. The molecule has 0 spiro atoms. The lowest BCUT2D eigenvalue weighted by atomic mass is 9.96. The lowest BCUT2D eigenvalue weighted by Crippen LogP contribution is -2.25. The highest BCUT2D eigenvalue weighted by atomic mass is 19.3. The topological polar surface area (TPSA) is 9.23 Å². The molecule has 0 saturated heterocycles. The standard InChI is InChI=1S/C38H28F10O/c1-2-3-4-5-6-7-21-8-11-26(29(39)14-21)22-9-12-27(30(40)15-22)23-16-32(42)36(33(43)17-23)38(47,48)49-25-10-13-28(31(41)20-25)24-18-34(44)37(46)35(45)19-24/h8-20H,2-7H2,1H3. The monoisotopic (exact) mass is 690 g/mol. The van der Waals surface area contributed by atoms with Gasteiger partial charge in [-0.15, -0.1) is 0 Å². The Morgan fingerprint density at radius 1 is 0.490 bits per heavy atom. The summed E-state index contributed by atoms with van der Waals surface area (Å²) in [6.45, 7) is 2.11. The molecule has 11 heteroatoms. The first kappa shape index (κ1) is 35.5.